The van der Waals surface area contributed by atoms with E-state index in [1.165, 1.54) is 0 Å². The monoisotopic (exact) mass is 228 g/mol. The molecule has 2 aliphatic heterocycles. The Morgan fingerprint density at radius 2 is 2.12 bits per heavy atom. The van der Waals surface area contributed by atoms with Crippen LogP contribution in [-0.4, -0.2) is 49.3 Å². The van der Waals surface area contributed by atoms with Gasteiger partial charge in [0, 0.05) is 19.3 Å². The van der Waals surface area contributed by atoms with Crippen LogP contribution in [-0.2, 0) is 4.74 Å². The van der Waals surface area contributed by atoms with Gasteiger partial charge in [0.25, 0.3) is 0 Å². The van der Waals surface area contributed by atoms with E-state index < -0.39 is 0 Å². The summed E-state index contributed by atoms with van der Waals surface area (Å²) in [5.74, 6) is 0. The van der Waals surface area contributed by atoms with Gasteiger partial charge in [-0.2, -0.15) is 0 Å². The van der Waals surface area contributed by atoms with Crippen molar-refractivity contribution in [2.24, 2.45) is 0 Å². The predicted octanol–water partition coefficient (Wildman–Crippen LogP) is -0.145. The molecule has 0 saturated carbocycles. The van der Waals surface area contributed by atoms with Crippen molar-refractivity contribution in [3.05, 3.63) is 0 Å². The number of rotatable bonds is 4. The zero-order chi connectivity index (χ0) is 11.5. The van der Waals surface area contributed by atoms with Crippen LogP contribution in [0.25, 0.3) is 0 Å². The molecule has 2 heterocycles. The van der Waals surface area contributed by atoms with Crippen LogP contribution in [0.5, 0.6) is 0 Å². The molecule has 0 aromatic heterocycles. The van der Waals surface area contributed by atoms with Gasteiger partial charge in [-0.25, -0.2) is 4.90 Å². The summed E-state index contributed by atoms with van der Waals surface area (Å²) in [7, 11) is 0. The van der Waals surface area contributed by atoms with Crippen LogP contribution in [0.3, 0.4) is 0 Å². The van der Waals surface area contributed by atoms with Gasteiger partial charge >= 0.3 is 0 Å². The second-order valence-electron chi connectivity index (χ2n) is 4.54. The maximum Gasteiger partial charge on any atom is 0.112 e. The molecule has 0 aliphatic carbocycles. The molecule has 16 heavy (non-hydrogen) atoms. The molecular formula is C11H24N4O. The number of nitrogens with zero attached hydrogens (tertiary/aromatic N) is 1. The quantitative estimate of drug-likeness (QED) is 0.625. The third-order valence-corrected chi connectivity index (χ3v) is 3.56. The molecule has 0 aromatic carbocycles. The summed E-state index contributed by atoms with van der Waals surface area (Å²) in [6.07, 6.45) is 1.65. The highest BCUT2D eigenvalue weighted by atomic mass is 16.5. The van der Waals surface area contributed by atoms with Gasteiger partial charge in [-0.1, -0.05) is 6.92 Å². The molecule has 0 aromatic rings. The number of hydrogen-bond donors (Lipinski definition) is 3. The van der Waals surface area contributed by atoms with Crippen LogP contribution in [0.2, 0.25) is 0 Å². The molecular weight excluding hydrogens is 204 g/mol. The van der Waals surface area contributed by atoms with Gasteiger partial charge in [0.2, 0.25) is 0 Å². The molecule has 0 radical (unpaired) electrons. The zero-order valence-corrected chi connectivity index (χ0v) is 10.5. The highest BCUT2D eigenvalue weighted by Gasteiger charge is 2.41. The van der Waals surface area contributed by atoms with E-state index in [2.05, 4.69) is 41.6 Å². The average molecular weight is 228 g/mol. The second-order valence-corrected chi connectivity index (χ2v) is 4.54. The van der Waals surface area contributed by atoms with E-state index in [9.17, 15) is 0 Å². The molecule has 2 saturated heterocycles. The molecule has 0 amide bonds. The van der Waals surface area contributed by atoms with Gasteiger partial charge in [-0.05, 0) is 20.3 Å². The third kappa shape index (κ3) is 2.24. The Hall–Kier alpha value is -0.200. The predicted molar refractivity (Wildman–Crippen MR) is 63.7 cm³/mol. The van der Waals surface area contributed by atoms with Crippen LogP contribution in [0.4, 0.5) is 0 Å². The Bertz CT molecular complexity index is 226. The lowest BCUT2D eigenvalue weighted by Crippen LogP contribution is -2.64. The topological polar surface area (TPSA) is 48.6 Å². The first-order valence-corrected chi connectivity index (χ1v) is 6.35. The SMILES string of the molecule is CCO[C@H](CC)N1CNC2C(C)NCNC21. The Balaban J connectivity index is 2.00. The summed E-state index contributed by atoms with van der Waals surface area (Å²) < 4.78 is 5.78. The first-order chi connectivity index (χ1) is 7.77. The Morgan fingerprint density at radius 3 is 2.81 bits per heavy atom. The van der Waals surface area contributed by atoms with Gasteiger partial charge in [0.1, 0.15) is 6.23 Å². The first-order valence-electron chi connectivity index (χ1n) is 6.35. The Morgan fingerprint density at radius 1 is 1.31 bits per heavy atom. The van der Waals surface area contributed by atoms with Crippen LogP contribution in [0.15, 0.2) is 0 Å². The molecule has 94 valence electrons. The minimum atomic E-state index is 0.227. The largest absolute Gasteiger partial charge is 0.363 e. The average Bonchev–Trinajstić information content (AvgIpc) is 2.71. The van der Waals surface area contributed by atoms with Crippen molar-refractivity contribution in [1.82, 2.24) is 20.9 Å². The van der Waals surface area contributed by atoms with Crippen molar-refractivity contribution >= 4 is 0 Å². The molecule has 3 unspecified atom stereocenters. The number of fused-ring (bicyclic) bond motifs is 1. The highest BCUT2D eigenvalue weighted by Crippen LogP contribution is 2.19. The third-order valence-electron chi connectivity index (χ3n) is 3.56. The smallest absolute Gasteiger partial charge is 0.112 e. The lowest BCUT2D eigenvalue weighted by molar-refractivity contribution is -0.0731. The fourth-order valence-corrected chi connectivity index (χ4v) is 2.69. The second kappa shape index (κ2) is 5.42. The fraction of sp³-hybridized carbons (Fsp3) is 1.00. The van der Waals surface area contributed by atoms with E-state index in [4.69, 9.17) is 4.74 Å². The van der Waals surface area contributed by atoms with Crippen molar-refractivity contribution in [2.45, 2.75) is 51.7 Å². The lowest BCUT2D eigenvalue weighted by atomic mass is 10.1. The van der Waals surface area contributed by atoms with Gasteiger partial charge in [0.15, 0.2) is 0 Å². The minimum Gasteiger partial charge on any atom is -0.363 e. The molecule has 5 nitrogen and oxygen atoms in total. The number of nitrogens with one attached hydrogen (secondary N) is 3. The number of hydrogen-bond acceptors (Lipinski definition) is 5. The minimum absolute atomic E-state index is 0.227. The van der Waals surface area contributed by atoms with Crippen LogP contribution < -0.4 is 16.0 Å². The van der Waals surface area contributed by atoms with Crippen molar-refractivity contribution in [3.63, 3.8) is 0 Å². The van der Waals surface area contributed by atoms with Crippen molar-refractivity contribution in [2.75, 3.05) is 19.9 Å². The van der Waals surface area contributed by atoms with E-state index in [0.717, 1.165) is 26.4 Å². The Labute approximate surface area is 97.9 Å². The summed E-state index contributed by atoms with van der Waals surface area (Å²) in [4.78, 5) is 2.39. The van der Waals surface area contributed by atoms with Gasteiger partial charge < -0.3 is 10.1 Å². The summed E-state index contributed by atoms with van der Waals surface area (Å²) in [6.45, 7) is 9.03. The molecule has 4 atom stereocenters. The first kappa shape index (κ1) is 12.3. The van der Waals surface area contributed by atoms with Gasteiger partial charge in [-0.15, -0.1) is 0 Å². The van der Waals surface area contributed by atoms with Crippen LogP contribution >= 0.6 is 0 Å². The van der Waals surface area contributed by atoms with Crippen molar-refractivity contribution in [3.8, 4) is 0 Å². The van der Waals surface area contributed by atoms with Crippen molar-refractivity contribution in [1.29, 1.82) is 0 Å². The van der Waals surface area contributed by atoms with E-state index in [-0.39, 0.29) is 6.23 Å². The normalized spacial score (nSPS) is 37.3. The molecule has 2 fully saturated rings. The van der Waals surface area contributed by atoms with Gasteiger partial charge in [-0.3, -0.25) is 10.6 Å². The van der Waals surface area contributed by atoms with Crippen LogP contribution in [0.1, 0.15) is 27.2 Å². The summed E-state index contributed by atoms with van der Waals surface area (Å²) in [5, 5.41) is 10.5. The van der Waals surface area contributed by atoms with E-state index in [1.54, 1.807) is 0 Å². The zero-order valence-electron chi connectivity index (χ0n) is 10.5. The summed E-state index contributed by atoms with van der Waals surface area (Å²) >= 11 is 0. The van der Waals surface area contributed by atoms with Crippen LogP contribution in [0, 0.1) is 0 Å². The fourth-order valence-electron chi connectivity index (χ4n) is 2.69. The maximum absolute atomic E-state index is 5.78. The molecule has 2 aliphatic rings. The molecule has 5 heteroatoms. The standard InChI is InChI=1S/C11H24N4O/c1-4-9(16-5-2)15-7-14-10-8(3)12-6-13-11(10)15/h8-14H,4-7H2,1-3H3/t8?,9-,10?,11?/m1/s1. The van der Waals surface area contributed by atoms with Gasteiger partial charge in [0.05, 0.1) is 18.9 Å². The summed E-state index contributed by atoms with van der Waals surface area (Å²) in [5.41, 5.74) is 0. The molecule has 2 rings (SSSR count). The lowest BCUT2D eigenvalue weighted by Gasteiger charge is -2.38. The highest BCUT2D eigenvalue weighted by molar-refractivity contribution is 4.98. The van der Waals surface area contributed by atoms with E-state index >= 15 is 0 Å². The summed E-state index contributed by atoms with van der Waals surface area (Å²) in [6, 6.07) is 0.985. The van der Waals surface area contributed by atoms with Crippen molar-refractivity contribution < 1.29 is 4.74 Å². The maximum atomic E-state index is 5.78. The molecule has 0 bridgehead atoms. The number of ether oxygens (including phenoxy) is 1. The van der Waals surface area contributed by atoms with E-state index in [0.29, 0.717) is 18.2 Å². The Kier molecular flexibility index (Phi) is 4.16. The molecule has 3 N–H and O–H groups in total. The van der Waals surface area contributed by atoms with E-state index in [1.807, 2.05) is 0 Å². The molecule has 0 spiro atoms.